The summed E-state index contributed by atoms with van der Waals surface area (Å²) in [5.41, 5.74) is 6.13. The van der Waals surface area contributed by atoms with E-state index < -0.39 is 0 Å². The highest BCUT2D eigenvalue weighted by atomic mass is 16.1. The number of carbonyl (C=O) groups is 1. The maximum absolute atomic E-state index is 13.7. The minimum absolute atomic E-state index is 0.144. The molecule has 3 aromatic heterocycles. The van der Waals surface area contributed by atoms with Crippen molar-refractivity contribution in [2.75, 3.05) is 31.1 Å². The molecule has 0 saturated carbocycles. The van der Waals surface area contributed by atoms with Gasteiger partial charge in [0, 0.05) is 67.2 Å². The van der Waals surface area contributed by atoms with Crippen molar-refractivity contribution >= 4 is 22.6 Å². The number of aromatic amines is 1. The van der Waals surface area contributed by atoms with Gasteiger partial charge in [-0.15, -0.1) is 0 Å². The first-order valence-corrected chi connectivity index (χ1v) is 13.7. The summed E-state index contributed by atoms with van der Waals surface area (Å²) in [5, 5.41) is 12.0. The molecule has 4 heterocycles. The van der Waals surface area contributed by atoms with E-state index in [1.807, 2.05) is 49.8 Å². The van der Waals surface area contributed by atoms with Gasteiger partial charge in [-0.25, -0.2) is 4.98 Å². The van der Waals surface area contributed by atoms with E-state index in [4.69, 9.17) is 10.1 Å². The highest BCUT2D eigenvalue weighted by Crippen LogP contribution is 2.32. The number of piperazine rings is 1. The molecule has 5 rings (SSSR count). The first kappa shape index (κ1) is 26.6. The van der Waals surface area contributed by atoms with Crippen LogP contribution in [0.1, 0.15) is 59.2 Å². The third-order valence-corrected chi connectivity index (χ3v) is 7.68. The second-order valence-corrected chi connectivity index (χ2v) is 10.5. The summed E-state index contributed by atoms with van der Waals surface area (Å²) in [7, 11) is 0. The molecule has 204 valence electrons. The molecule has 0 aliphatic carbocycles. The predicted molar refractivity (Wildman–Crippen MR) is 155 cm³/mol. The normalized spacial score (nSPS) is 14.5. The van der Waals surface area contributed by atoms with Gasteiger partial charge >= 0.3 is 0 Å². The van der Waals surface area contributed by atoms with Crippen LogP contribution < -0.4 is 21.1 Å². The van der Waals surface area contributed by atoms with Crippen LogP contribution >= 0.6 is 0 Å². The van der Waals surface area contributed by atoms with Crippen LogP contribution in [0.5, 0.6) is 0 Å². The van der Waals surface area contributed by atoms with Gasteiger partial charge in [0.1, 0.15) is 5.82 Å². The average Bonchev–Trinajstić information content (AvgIpc) is 3.28. The van der Waals surface area contributed by atoms with Crippen LogP contribution in [0.3, 0.4) is 0 Å². The van der Waals surface area contributed by atoms with Crippen molar-refractivity contribution in [2.45, 2.75) is 53.6 Å². The fourth-order valence-corrected chi connectivity index (χ4v) is 5.31. The van der Waals surface area contributed by atoms with Gasteiger partial charge in [-0.2, -0.15) is 5.10 Å². The molecule has 4 aromatic rings. The molecule has 1 aliphatic rings. The quantitative estimate of drug-likeness (QED) is 0.335. The van der Waals surface area contributed by atoms with Gasteiger partial charge in [0.15, 0.2) is 0 Å². The number of aromatic nitrogens is 4. The SMILES string of the molecule is CC[C@H](C)n1nc(C)c2c(C(=O)NCc3c(C)cc(C)[nH]c3=O)cc(-c3ccc(N4CCNCC4)nc3)cc21. The lowest BCUT2D eigenvalue weighted by molar-refractivity contribution is 0.0952. The number of carbonyl (C=O) groups excluding carboxylic acids is 1. The van der Waals surface area contributed by atoms with Crippen molar-refractivity contribution in [3.8, 4) is 11.1 Å². The van der Waals surface area contributed by atoms with Crippen molar-refractivity contribution in [3.05, 3.63) is 75.0 Å². The standard InChI is InChI=1S/C30H37N7O2/c1-6-20(4)37-26-15-23(22-7-8-27(32-16-22)36-11-9-31-10-12-36)14-24(28(26)21(5)35-37)29(38)33-17-25-18(2)13-19(3)34-30(25)39/h7-8,13-16,20,31H,6,9-12,17H2,1-5H3,(H,33,38)(H,34,39)/t20-/m0/s1. The van der Waals surface area contributed by atoms with Gasteiger partial charge in [0.2, 0.25) is 0 Å². The Hall–Kier alpha value is -3.98. The summed E-state index contributed by atoms with van der Waals surface area (Å²) in [6.07, 6.45) is 2.80. The number of pyridine rings is 2. The maximum Gasteiger partial charge on any atom is 0.253 e. The van der Waals surface area contributed by atoms with Gasteiger partial charge < -0.3 is 20.5 Å². The molecule has 1 fully saturated rings. The Bertz CT molecular complexity index is 1560. The Balaban J connectivity index is 1.54. The van der Waals surface area contributed by atoms with E-state index in [0.717, 1.165) is 77.4 Å². The van der Waals surface area contributed by atoms with Crippen LogP contribution in [0.2, 0.25) is 0 Å². The van der Waals surface area contributed by atoms with Gasteiger partial charge in [0.25, 0.3) is 11.5 Å². The molecule has 1 aliphatic heterocycles. The monoisotopic (exact) mass is 527 g/mol. The van der Waals surface area contributed by atoms with E-state index in [9.17, 15) is 9.59 Å². The molecule has 1 aromatic carbocycles. The smallest absolute Gasteiger partial charge is 0.253 e. The minimum atomic E-state index is -0.238. The Morgan fingerprint density at radius 1 is 1.10 bits per heavy atom. The maximum atomic E-state index is 13.7. The van der Waals surface area contributed by atoms with Crippen molar-refractivity contribution in [1.29, 1.82) is 0 Å². The fraction of sp³-hybridized carbons (Fsp3) is 0.400. The Kier molecular flexibility index (Phi) is 7.52. The molecule has 0 unspecified atom stereocenters. The third kappa shape index (κ3) is 5.31. The number of nitrogens with one attached hydrogen (secondary N) is 3. The zero-order valence-corrected chi connectivity index (χ0v) is 23.4. The number of anilines is 1. The molecule has 39 heavy (non-hydrogen) atoms. The Morgan fingerprint density at radius 3 is 2.54 bits per heavy atom. The van der Waals surface area contributed by atoms with Crippen LogP contribution in [0.4, 0.5) is 5.82 Å². The molecule has 0 radical (unpaired) electrons. The number of benzene rings is 1. The first-order valence-electron chi connectivity index (χ1n) is 13.7. The summed E-state index contributed by atoms with van der Waals surface area (Å²) in [6.45, 7) is 13.8. The largest absolute Gasteiger partial charge is 0.354 e. The van der Waals surface area contributed by atoms with Gasteiger partial charge in [0.05, 0.1) is 16.8 Å². The number of H-pyrrole nitrogens is 1. The number of nitrogens with zero attached hydrogens (tertiary/aromatic N) is 4. The Morgan fingerprint density at radius 2 is 1.87 bits per heavy atom. The van der Waals surface area contributed by atoms with Crippen LogP contribution in [-0.2, 0) is 6.54 Å². The summed E-state index contributed by atoms with van der Waals surface area (Å²) in [6, 6.07) is 10.2. The number of rotatable bonds is 7. The molecule has 0 spiro atoms. The third-order valence-electron chi connectivity index (χ3n) is 7.68. The van der Waals surface area contributed by atoms with Gasteiger partial charge in [-0.1, -0.05) is 6.92 Å². The lowest BCUT2D eigenvalue weighted by atomic mass is 9.99. The van der Waals surface area contributed by atoms with Crippen LogP contribution in [-0.4, -0.2) is 51.8 Å². The second kappa shape index (κ2) is 11.0. The number of aryl methyl sites for hydroxylation is 3. The Labute approximate surface area is 228 Å². The fourth-order valence-electron chi connectivity index (χ4n) is 5.31. The lowest BCUT2D eigenvalue weighted by Crippen LogP contribution is -2.43. The molecular formula is C30H37N7O2. The minimum Gasteiger partial charge on any atom is -0.354 e. The number of hydrogen-bond donors (Lipinski definition) is 3. The highest BCUT2D eigenvalue weighted by molar-refractivity contribution is 6.09. The van der Waals surface area contributed by atoms with E-state index in [1.165, 1.54) is 0 Å². The topological polar surface area (TPSA) is 108 Å². The number of fused-ring (bicyclic) bond motifs is 1. The second-order valence-electron chi connectivity index (χ2n) is 10.5. The first-order chi connectivity index (χ1) is 18.8. The molecule has 9 heteroatoms. The van der Waals surface area contributed by atoms with Gasteiger partial charge in [-0.3, -0.25) is 14.3 Å². The molecular weight excluding hydrogens is 490 g/mol. The summed E-state index contributed by atoms with van der Waals surface area (Å²) in [4.78, 5) is 36.1. The zero-order chi connectivity index (χ0) is 27.7. The van der Waals surface area contributed by atoms with Crippen LogP contribution in [0.15, 0.2) is 41.3 Å². The van der Waals surface area contributed by atoms with E-state index >= 15 is 0 Å². The van der Waals surface area contributed by atoms with E-state index in [2.05, 4.69) is 46.5 Å². The van der Waals surface area contributed by atoms with Crippen LogP contribution in [0.25, 0.3) is 22.0 Å². The summed E-state index contributed by atoms with van der Waals surface area (Å²) in [5.74, 6) is 0.719. The molecule has 1 atom stereocenters. The molecule has 9 nitrogen and oxygen atoms in total. The van der Waals surface area contributed by atoms with Crippen molar-refractivity contribution in [1.82, 2.24) is 30.4 Å². The van der Waals surface area contributed by atoms with E-state index in [1.54, 1.807) is 0 Å². The van der Waals surface area contributed by atoms with E-state index in [0.29, 0.717) is 11.1 Å². The van der Waals surface area contributed by atoms with Crippen LogP contribution in [0, 0.1) is 20.8 Å². The summed E-state index contributed by atoms with van der Waals surface area (Å²) >= 11 is 0. The lowest BCUT2D eigenvalue weighted by Gasteiger charge is -2.28. The average molecular weight is 528 g/mol. The predicted octanol–water partition coefficient (Wildman–Crippen LogP) is 4.02. The molecule has 1 saturated heterocycles. The molecule has 1 amide bonds. The van der Waals surface area contributed by atoms with Gasteiger partial charge in [-0.05, 0) is 75.6 Å². The number of hydrogen-bond acceptors (Lipinski definition) is 6. The van der Waals surface area contributed by atoms with E-state index in [-0.39, 0.29) is 24.1 Å². The van der Waals surface area contributed by atoms with Crippen molar-refractivity contribution in [2.24, 2.45) is 0 Å². The van der Waals surface area contributed by atoms with Crippen molar-refractivity contribution in [3.63, 3.8) is 0 Å². The zero-order valence-electron chi connectivity index (χ0n) is 23.4. The summed E-state index contributed by atoms with van der Waals surface area (Å²) < 4.78 is 2.02. The number of amides is 1. The molecule has 0 bridgehead atoms. The highest BCUT2D eigenvalue weighted by Gasteiger charge is 2.21. The molecule has 3 N–H and O–H groups in total. The van der Waals surface area contributed by atoms with Crippen molar-refractivity contribution < 1.29 is 4.79 Å².